The minimum absolute atomic E-state index is 0.100. The maximum absolute atomic E-state index is 13.4. The van der Waals surface area contributed by atoms with Crippen LogP contribution in [0.2, 0.25) is 0 Å². The van der Waals surface area contributed by atoms with Crippen molar-refractivity contribution in [1.82, 2.24) is 0 Å². The third-order valence-corrected chi connectivity index (χ3v) is 5.10. The van der Waals surface area contributed by atoms with Gasteiger partial charge in [-0.25, -0.2) is 4.90 Å². The fraction of sp³-hybridized carbons (Fsp3) is 0.0833. The van der Waals surface area contributed by atoms with E-state index in [9.17, 15) is 19.7 Å². The number of nitro groups is 1. The summed E-state index contributed by atoms with van der Waals surface area (Å²) < 4.78 is 5.15. The van der Waals surface area contributed by atoms with Crippen LogP contribution < -0.4 is 15.0 Å². The molecule has 0 radical (unpaired) electrons. The number of ether oxygens (including phenoxy) is 1. The number of anilines is 2. The second-order valence-electron chi connectivity index (χ2n) is 7.19. The van der Waals surface area contributed by atoms with Crippen LogP contribution >= 0.6 is 0 Å². The highest BCUT2D eigenvalue weighted by Gasteiger charge is 2.40. The van der Waals surface area contributed by atoms with Gasteiger partial charge < -0.3 is 10.1 Å². The van der Waals surface area contributed by atoms with Gasteiger partial charge in [-0.1, -0.05) is 17.7 Å². The number of carbonyl (C=O) groups is 2. The van der Waals surface area contributed by atoms with Crippen molar-refractivity contribution in [3.05, 3.63) is 99.7 Å². The fourth-order valence-electron chi connectivity index (χ4n) is 3.41. The zero-order valence-electron chi connectivity index (χ0n) is 17.4. The van der Waals surface area contributed by atoms with Crippen molar-refractivity contribution in [2.24, 2.45) is 0 Å². The van der Waals surface area contributed by atoms with Gasteiger partial charge in [0.25, 0.3) is 17.5 Å². The number of non-ortho nitro benzene ring substituents is 1. The van der Waals surface area contributed by atoms with Gasteiger partial charge in [0.05, 0.1) is 23.3 Å². The zero-order valence-corrected chi connectivity index (χ0v) is 17.4. The number of methoxy groups -OCH3 is 1. The number of amides is 2. The molecule has 1 aliphatic heterocycles. The second kappa shape index (κ2) is 8.35. The number of carbonyl (C=O) groups excluding carboxylic acids is 2. The lowest BCUT2D eigenvalue weighted by Crippen LogP contribution is -2.32. The molecule has 0 aliphatic carbocycles. The summed E-state index contributed by atoms with van der Waals surface area (Å²) in [6.45, 7) is 1.95. The molecule has 4 rings (SSSR count). The largest absolute Gasteiger partial charge is 0.497 e. The number of nitro benzene ring substituents is 1. The summed E-state index contributed by atoms with van der Waals surface area (Å²) in [5, 5.41) is 14.1. The van der Waals surface area contributed by atoms with E-state index in [0.29, 0.717) is 22.7 Å². The molecule has 0 bridgehead atoms. The maximum atomic E-state index is 13.4. The lowest BCUT2D eigenvalue weighted by atomic mass is 10.0. The Morgan fingerprint density at radius 1 is 0.875 bits per heavy atom. The Hall–Kier alpha value is -4.46. The van der Waals surface area contributed by atoms with Crippen LogP contribution in [0.5, 0.6) is 5.75 Å². The van der Waals surface area contributed by atoms with Crippen LogP contribution in [0.15, 0.2) is 78.5 Å². The maximum Gasteiger partial charge on any atom is 0.282 e. The van der Waals surface area contributed by atoms with Gasteiger partial charge in [-0.2, -0.15) is 0 Å². The average molecular weight is 429 g/mol. The highest BCUT2D eigenvalue weighted by Crippen LogP contribution is 2.35. The third kappa shape index (κ3) is 3.81. The Balaban J connectivity index is 1.79. The van der Waals surface area contributed by atoms with Crippen molar-refractivity contribution in [2.75, 3.05) is 17.3 Å². The van der Waals surface area contributed by atoms with E-state index in [1.54, 1.807) is 24.3 Å². The van der Waals surface area contributed by atoms with Crippen LogP contribution in [0.3, 0.4) is 0 Å². The molecule has 0 spiro atoms. The van der Waals surface area contributed by atoms with E-state index in [1.165, 1.54) is 31.4 Å². The number of nitrogens with zero attached hydrogens (tertiary/aromatic N) is 2. The van der Waals surface area contributed by atoms with Crippen LogP contribution in [0, 0.1) is 17.0 Å². The van der Waals surface area contributed by atoms with Crippen molar-refractivity contribution in [3.63, 3.8) is 0 Å². The summed E-state index contributed by atoms with van der Waals surface area (Å²) in [7, 11) is 1.53. The highest BCUT2D eigenvalue weighted by molar-refractivity contribution is 6.46. The summed E-state index contributed by atoms with van der Waals surface area (Å²) in [6.07, 6.45) is 0. The van der Waals surface area contributed by atoms with Crippen LogP contribution in [-0.4, -0.2) is 23.8 Å². The number of imide groups is 1. The van der Waals surface area contributed by atoms with Crippen LogP contribution in [0.25, 0.3) is 5.57 Å². The van der Waals surface area contributed by atoms with E-state index < -0.39 is 16.7 Å². The molecular formula is C24H19N3O5. The second-order valence-corrected chi connectivity index (χ2v) is 7.19. The summed E-state index contributed by atoms with van der Waals surface area (Å²) in [4.78, 5) is 38.3. The van der Waals surface area contributed by atoms with Crippen molar-refractivity contribution in [3.8, 4) is 5.75 Å². The van der Waals surface area contributed by atoms with E-state index in [-0.39, 0.29) is 17.0 Å². The molecule has 1 heterocycles. The first-order chi connectivity index (χ1) is 15.4. The predicted molar refractivity (Wildman–Crippen MR) is 120 cm³/mol. The Bertz CT molecular complexity index is 1230. The number of benzene rings is 3. The number of aryl methyl sites for hydroxylation is 1. The smallest absolute Gasteiger partial charge is 0.282 e. The minimum atomic E-state index is -0.524. The van der Waals surface area contributed by atoms with Gasteiger partial charge in [0.1, 0.15) is 11.4 Å². The Labute approximate surface area is 183 Å². The van der Waals surface area contributed by atoms with E-state index in [4.69, 9.17) is 4.74 Å². The lowest BCUT2D eigenvalue weighted by Gasteiger charge is -2.16. The first-order valence-corrected chi connectivity index (χ1v) is 9.74. The third-order valence-electron chi connectivity index (χ3n) is 5.10. The van der Waals surface area contributed by atoms with E-state index in [2.05, 4.69) is 5.32 Å². The molecule has 0 aromatic heterocycles. The molecule has 2 amide bonds. The number of rotatable bonds is 6. The summed E-state index contributed by atoms with van der Waals surface area (Å²) >= 11 is 0. The molecule has 32 heavy (non-hydrogen) atoms. The van der Waals surface area contributed by atoms with Crippen LogP contribution in [0.4, 0.5) is 17.1 Å². The quantitative estimate of drug-likeness (QED) is 0.356. The summed E-state index contributed by atoms with van der Waals surface area (Å²) in [5.41, 5.74) is 2.62. The van der Waals surface area contributed by atoms with E-state index in [0.717, 1.165) is 10.5 Å². The minimum Gasteiger partial charge on any atom is -0.497 e. The molecule has 3 aromatic carbocycles. The lowest BCUT2D eigenvalue weighted by molar-refractivity contribution is -0.384. The normalized spacial score (nSPS) is 13.5. The average Bonchev–Trinajstić information content (AvgIpc) is 3.04. The molecule has 160 valence electrons. The van der Waals surface area contributed by atoms with Gasteiger partial charge in [-0.3, -0.25) is 19.7 Å². The topological polar surface area (TPSA) is 102 Å². The van der Waals surface area contributed by atoms with Gasteiger partial charge >= 0.3 is 0 Å². The Morgan fingerprint density at radius 3 is 2.06 bits per heavy atom. The van der Waals surface area contributed by atoms with Crippen LogP contribution in [-0.2, 0) is 9.59 Å². The molecule has 0 saturated heterocycles. The predicted octanol–water partition coefficient (Wildman–Crippen LogP) is 4.31. The van der Waals surface area contributed by atoms with Gasteiger partial charge in [0.2, 0.25) is 0 Å². The summed E-state index contributed by atoms with van der Waals surface area (Å²) in [6, 6.07) is 19.5. The molecule has 0 fully saturated rings. The molecule has 8 heteroatoms. The molecule has 1 aliphatic rings. The standard InChI is InChI=1S/C24H19N3O5/c1-15-3-7-17(8-4-15)25-22-21(16-5-9-19(10-6-16)27(30)31)23(28)26(24(22)29)18-11-13-20(32-2)14-12-18/h3-14,25H,1-2H3. The molecule has 3 aromatic rings. The number of nitrogens with one attached hydrogen (secondary N) is 1. The van der Waals surface area contributed by atoms with Crippen molar-refractivity contribution < 1.29 is 19.2 Å². The van der Waals surface area contributed by atoms with Gasteiger partial charge in [0, 0.05) is 17.8 Å². The Kier molecular flexibility index (Phi) is 5.43. The van der Waals surface area contributed by atoms with Crippen LogP contribution in [0.1, 0.15) is 11.1 Å². The van der Waals surface area contributed by atoms with Crippen molar-refractivity contribution >= 4 is 34.4 Å². The fourth-order valence-corrected chi connectivity index (χ4v) is 3.41. The summed E-state index contributed by atoms with van der Waals surface area (Å²) in [5.74, 6) is -0.452. The molecular weight excluding hydrogens is 410 g/mol. The van der Waals surface area contributed by atoms with E-state index >= 15 is 0 Å². The highest BCUT2D eigenvalue weighted by atomic mass is 16.6. The van der Waals surface area contributed by atoms with Crippen molar-refractivity contribution in [1.29, 1.82) is 0 Å². The molecule has 8 nitrogen and oxygen atoms in total. The van der Waals surface area contributed by atoms with Gasteiger partial charge in [0.15, 0.2) is 0 Å². The first-order valence-electron chi connectivity index (χ1n) is 9.74. The van der Waals surface area contributed by atoms with Gasteiger partial charge in [-0.15, -0.1) is 0 Å². The van der Waals surface area contributed by atoms with Crippen molar-refractivity contribution in [2.45, 2.75) is 6.92 Å². The number of hydrogen-bond donors (Lipinski definition) is 1. The molecule has 0 atom stereocenters. The first kappa shape index (κ1) is 20.8. The SMILES string of the molecule is COc1ccc(N2C(=O)C(Nc3ccc(C)cc3)=C(c3ccc([N+](=O)[O-])cc3)C2=O)cc1. The molecule has 0 unspecified atom stereocenters. The Morgan fingerprint density at radius 2 is 1.50 bits per heavy atom. The zero-order chi connectivity index (χ0) is 22.8. The molecule has 1 N–H and O–H groups in total. The monoisotopic (exact) mass is 429 g/mol. The van der Waals surface area contributed by atoms with E-state index in [1.807, 2.05) is 31.2 Å². The van der Waals surface area contributed by atoms with Gasteiger partial charge in [-0.05, 0) is 61.0 Å². The number of hydrogen-bond acceptors (Lipinski definition) is 6. The molecule has 0 saturated carbocycles.